The monoisotopic (exact) mass is 392 g/mol. The smallest absolute Gasteiger partial charge is 0.266 e. The third-order valence-corrected chi connectivity index (χ3v) is 5.42. The van der Waals surface area contributed by atoms with Crippen molar-refractivity contribution >= 4 is 0 Å². The highest BCUT2D eigenvalue weighted by Gasteiger charge is 2.20. The fourth-order valence-corrected chi connectivity index (χ4v) is 3.71. The first-order valence-corrected chi connectivity index (χ1v) is 9.81. The number of nitrogens with zero attached hydrogens (tertiary/aromatic N) is 6. The van der Waals surface area contributed by atoms with Gasteiger partial charge in [-0.15, -0.1) is 0 Å². The van der Waals surface area contributed by atoms with Crippen LogP contribution in [0, 0.1) is 5.92 Å². The van der Waals surface area contributed by atoms with E-state index in [9.17, 15) is 9.59 Å². The minimum Gasteiger partial charge on any atom is -0.299 e. The lowest BCUT2D eigenvalue weighted by Crippen LogP contribution is -2.36. The summed E-state index contributed by atoms with van der Waals surface area (Å²) in [5.74, 6) is 0.450. The topological polar surface area (TPSA) is 85.9 Å². The second kappa shape index (κ2) is 8.48. The molecule has 4 rings (SSSR count). The highest BCUT2D eigenvalue weighted by atomic mass is 16.1. The van der Waals surface area contributed by atoms with Crippen molar-refractivity contribution in [2.24, 2.45) is 13.0 Å². The molecule has 8 heteroatoms. The molecule has 0 atom stereocenters. The van der Waals surface area contributed by atoms with E-state index in [-0.39, 0.29) is 11.1 Å². The van der Waals surface area contributed by atoms with Gasteiger partial charge >= 0.3 is 0 Å². The summed E-state index contributed by atoms with van der Waals surface area (Å²) in [4.78, 5) is 34.8. The van der Waals surface area contributed by atoms with Gasteiger partial charge in [-0.2, -0.15) is 5.10 Å². The summed E-state index contributed by atoms with van der Waals surface area (Å²) in [6.07, 6.45) is 7.08. The van der Waals surface area contributed by atoms with E-state index in [0.717, 1.165) is 43.7 Å². The van der Waals surface area contributed by atoms with Crippen molar-refractivity contribution < 1.29 is 0 Å². The van der Waals surface area contributed by atoms with Crippen molar-refractivity contribution in [2.75, 3.05) is 13.1 Å². The Kier molecular flexibility index (Phi) is 5.62. The molecule has 1 aliphatic rings. The summed E-state index contributed by atoms with van der Waals surface area (Å²) in [6, 6.07) is 8.65. The zero-order valence-electron chi connectivity index (χ0n) is 16.4. The lowest BCUT2D eigenvalue weighted by molar-refractivity contribution is 0.164. The maximum atomic E-state index is 12.5. The van der Waals surface area contributed by atoms with Gasteiger partial charge in [-0.1, -0.05) is 0 Å². The number of hydrogen-bond donors (Lipinski definition) is 0. The standard InChI is InChI=1S/C21H24N6O2/c1-25-20(28)3-2-18(24-25)14-26-10-6-16(7-11-26)13-27-15-23-19(12-21(27)29)17-4-8-22-9-5-17/h2-5,8-9,12,15-16H,6-7,10-11,13-14H2,1H3. The van der Waals surface area contributed by atoms with Gasteiger partial charge in [0.2, 0.25) is 0 Å². The Balaban J connectivity index is 1.34. The van der Waals surface area contributed by atoms with E-state index in [1.807, 2.05) is 12.1 Å². The van der Waals surface area contributed by atoms with Gasteiger partial charge in [0.1, 0.15) is 0 Å². The molecular formula is C21H24N6O2. The predicted molar refractivity (Wildman–Crippen MR) is 109 cm³/mol. The first-order chi connectivity index (χ1) is 14.1. The van der Waals surface area contributed by atoms with Crippen LogP contribution in [0.25, 0.3) is 11.3 Å². The lowest BCUT2D eigenvalue weighted by Gasteiger charge is -2.31. The molecular weight excluding hydrogens is 368 g/mol. The summed E-state index contributed by atoms with van der Waals surface area (Å²) < 4.78 is 3.08. The Bertz CT molecular complexity index is 1080. The fraction of sp³-hybridized carbons (Fsp3) is 0.381. The van der Waals surface area contributed by atoms with E-state index in [1.165, 1.54) is 4.68 Å². The quantitative estimate of drug-likeness (QED) is 0.651. The average molecular weight is 392 g/mol. The van der Waals surface area contributed by atoms with Gasteiger partial charge in [0.05, 0.1) is 17.7 Å². The molecule has 0 aromatic carbocycles. The normalized spacial score (nSPS) is 15.5. The fourth-order valence-electron chi connectivity index (χ4n) is 3.71. The van der Waals surface area contributed by atoms with Gasteiger partial charge in [-0.25, -0.2) is 9.67 Å². The lowest BCUT2D eigenvalue weighted by atomic mass is 9.96. The molecule has 150 valence electrons. The van der Waals surface area contributed by atoms with E-state index in [0.29, 0.717) is 18.2 Å². The second-order valence-electron chi connectivity index (χ2n) is 7.51. The summed E-state index contributed by atoms with van der Waals surface area (Å²) in [5, 5.41) is 4.30. The number of rotatable bonds is 5. The van der Waals surface area contributed by atoms with Crippen LogP contribution in [0.5, 0.6) is 0 Å². The first-order valence-electron chi connectivity index (χ1n) is 9.81. The maximum Gasteiger partial charge on any atom is 0.266 e. The first kappa shape index (κ1) is 19.2. The number of pyridine rings is 1. The largest absolute Gasteiger partial charge is 0.299 e. The Hall–Kier alpha value is -3.13. The number of piperidine rings is 1. The highest BCUT2D eigenvalue weighted by molar-refractivity contribution is 5.57. The molecule has 0 N–H and O–H groups in total. The van der Waals surface area contributed by atoms with Crippen LogP contribution in [0.3, 0.4) is 0 Å². The molecule has 4 heterocycles. The molecule has 0 amide bonds. The van der Waals surface area contributed by atoms with Gasteiger partial charge in [-0.3, -0.25) is 24.0 Å². The minimum atomic E-state index is -0.0959. The summed E-state index contributed by atoms with van der Waals surface area (Å²) in [5.41, 5.74) is 2.35. The molecule has 0 aliphatic carbocycles. The molecule has 1 aliphatic heterocycles. The van der Waals surface area contributed by atoms with E-state index < -0.39 is 0 Å². The van der Waals surface area contributed by atoms with Gasteiger partial charge in [-0.05, 0) is 50.0 Å². The van der Waals surface area contributed by atoms with Crippen LogP contribution in [0.1, 0.15) is 18.5 Å². The van der Waals surface area contributed by atoms with E-state index in [2.05, 4.69) is 20.0 Å². The Labute approximate surface area is 168 Å². The summed E-state index contributed by atoms with van der Waals surface area (Å²) in [7, 11) is 1.67. The second-order valence-corrected chi connectivity index (χ2v) is 7.51. The van der Waals surface area contributed by atoms with Crippen molar-refractivity contribution in [2.45, 2.75) is 25.9 Å². The molecule has 29 heavy (non-hydrogen) atoms. The van der Waals surface area contributed by atoms with Crippen molar-refractivity contribution in [3.05, 3.63) is 75.5 Å². The number of aryl methyl sites for hydroxylation is 1. The van der Waals surface area contributed by atoms with Crippen LogP contribution in [-0.2, 0) is 20.1 Å². The summed E-state index contributed by atoms with van der Waals surface area (Å²) in [6.45, 7) is 3.33. The van der Waals surface area contributed by atoms with Gasteiger partial charge in [0.25, 0.3) is 11.1 Å². The highest BCUT2D eigenvalue weighted by Crippen LogP contribution is 2.20. The number of hydrogen-bond acceptors (Lipinski definition) is 6. The molecule has 0 spiro atoms. The van der Waals surface area contributed by atoms with E-state index in [4.69, 9.17) is 0 Å². The summed E-state index contributed by atoms with van der Waals surface area (Å²) >= 11 is 0. The van der Waals surface area contributed by atoms with Crippen LogP contribution >= 0.6 is 0 Å². The van der Waals surface area contributed by atoms with E-state index in [1.54, 1.807) is 48.5 Å². The van der Waals surface area contributed by atoms with Crippen LogP contribution < -0.4 is 11.1 Å². The molecule has 0 bridgehead atoms. The van der Waals surface area contributed by atoms with Crippen LogP contribution in [0.15, 0.2) is 58.6 Å². The molecule has 3 aromatic heterocycles. The van der Waals surface area contributed by atoms with Crippen LogP contribution in [0.4, 0.5) is 0 Å². The predicted octanol–water partition coefficient (Wildman–Crippen LogP) is 1.31. The average Bonchev–Trinajstić information content (AvgIpc) is 2.74. The zero-order valence-corrected chi connectivity index (χ0v) is 16.4. The Morgan fingerprint density at radius 1 is 1.03 bits per heavy atom. The molecule has 1 fully saturated rings. The van der Waals surface area contributed by atoms with Crippen molar-refractivity contribution in [1.29, 1.82) is 0 Å². The molecule has 0 saturated carbocycles. The molecule has 1 saturated heterocycles. The van der Waals surface area contributed by atoms with Gasteiger partial charge < -0.3 is 0 Å². The third kappa shape index (κ3) is 4.65. The SMILES string of the molecule is Cn1nc(CN2CCC(Cn3cnc(-c4ccncc4)cc3=O)CC2)ccc1=O. The Morgan fingerprint density at radius 3 is 2.48 bits per heavy atom. The number of aromatic nitrogens is 5. The van der Waals surface area contributed by atoms with Crippen molar-refractivity contribution in [1.82, 2.24) is 29.2 Å². The maximum absolute atomic E-state index is 12.5. The van der Waals surface area contributed by atoms with Gasteiger partial charge in [0, 0.05) is 50.2 Å². The van der Waals surface area contributed by atoms with Crippen LogP contribution in [-0.4, -0.2) is 42.3 Å². The Morgan fingerprint density at radius 2 is 1.79 bits per heavy atom. The minimum absolute atomic E-state index is 0.0244. The van der Waals surface area contributed by atoms with Crippen molar-refractivity contribution in [3.63, 3.8) is 0 Å². The molecule has 0 radical (unpaired) electrons. The van der Waals surface area contributed by atoms with Crippen LogP contribution in [0.2, 0.25) is 0 Å². The number of likely N-dealkylation sites (tertiary alicyclic amines) is 1. The molecule has 8 nitrogen and oxygen atoms in total. The molecule has 0 unspecified atom stereocenters. The van der Waals surface area contributed by atoms with Gasteiger partial charge in [0.15, 0.2) is 0 Å². The van der Waals surface area contributed by atoms with E-state index >= 15 is 0 Å². The third-order valence-electron chi connectivity index (χ3n) is 5.42. The van der Waals surface area contributed by atoms with Crippen molar-refractivity contribution in [3.8, 4) is 11.3 Å². The zero-order chi connectivity index (χ0) is 20.2. The molecule has 3 aromatic rings.